The third-order valence-electron chi connectivity index (χ3n) is 6.18. The number of nitrogens with zero attached hydrogens (tertiary/aromatic N) is 1. The number of carbonyl (C=O) groups is 2. The zero-order valence-electron chi connectivity index (χ0n) is 18.6. The van der Waals surface area contributed by atoms with Gasteiger partial charge >= 0.3 is 0 Å². The number of nitrogens with one attached hydrogen (secondary N) is 1. The first-order valence-corrected chi connectivity index (χ1v) is 11.3. The Morgan fingerprint density at radius 2 is 1.67 bits per heavy atom. The Bertz CT molecular complexity index is 1100. The normalized spacial score (nSPS) is 16.7. The second-order valence-electron chi connectivity index (χ2n) is 8.53. The van der Waals surface area contributed by atoms with E-state index in [1.165, 1.54) is 0 Å². The molecular weight excluding hydrogens is 412 g/mol. The van der Waals surface area contributed by atoms with Gasteiger partial charge in [-0.1, -0.05) is 60.7 Å². The molecule has 6 nitrogen and oxygen atoms in total. The summed E-state index contributed by atoms with van der Waals surface area (Å²) in [5.41, 5.74) is 16.4. The molecule has 2 atom stereocenters. The average Bonchev–Trinajstić information content (AvgIpc) is 2.95. The van der Waals surface area contributed by atoms with Crippen LogP contribution in [0.5, 0.6) is 0 Å². The molecule has 4 rings (SSSR count). The summed E-state index contributed by atoms with van der Waals surface area (Å²) < 4.78 is 0. The highest BCUT2D eigenvalue weighted by molar-refractivity contribution is 5.99. The molecule has 0 spiro atoms. The lowest BCUT2D eigenvalue weighted by molar-refractivity contribution is -0.123. The summed E-state index contributed by atoms with van der Waals surface area (Å²) in [5.74, 6) is -0.492. The highest BCUT2D eigenvalue weighted by Gasteiger charge is 2.32. The SMILES string of the molecule is NC(=O)[C@H](CCc1ccccc1)N[C@H]1CCc2ccccc2N(Cc2ccc(N)cc2)C1=O. The lowest BCUT2D eigenvalue weighted by Gasteiger charge is -2.28. The maximum absolute atomic E-state index is 13.7. The molecule has 0 saturated heterocycles. The summed E-state index contributed by atoms with van der Waals surface area (Å²) in [5, 5.41) is 3.29. The summed E-state index contributed by atoms with van der Waals surface area (Å²) in [4.78, 5) is 27.7. The maximum Gasteiger partial charge on any atom is 0.244 e. The van der Waals surface area contributed by atoms with E-state index in [-0.39, 0.29) is 5.91 Å². The van der Waals surface area contributed by atoms with Crippen LogP contribution in [0.3, 0.4) is 0 Å². The third-order valence-corrected chi connectivity index (χ3v) is 6.18. The number of primary amides is 1. The van der Waals surface area contributed by atoms with Crippen molar-refractivity contribution in [3.8, 4) is 0 Å². The van der Waals surface area contributed by atoms with Crippen LogP contribution in [-0.2, 0) is 29.0 Å². The number of hydrogen-bond donors (Lipinski definition) is 3. The number of para-hydroxylation sites is 1. The molecule has 3 aromatic rings. The van der Waals surface area contributed by atoms with Gasteiger partial charge in [0.2, 0.25) is 11.8 Å². The Morgan fingerprint density at radius 3 is 2.39 bits per heavy atom. The minimum atomic E-state index is -0.584. The molecule has 0 unspecified atom stereocenters. The van der Waals surface area contributed by atoms with Crippen LogP contribution in [0.15, 0.2) is 78.9 Å². The van der Waals surface area contributed by atoms with Gasteiger partial charge in [-0.3, -0.25) is 14.9 Å². The van der Waals surface area contributed by atoms with Gasteiger partial charge in [-0.15, -0.1) is 0 Å². The van der Waals surface area contributed by atoms with Gasteiger partial charge in [0.05, 0.1) is 18.6 Å². The number of aryl methyl sites for hydroxylation is 2. The quantitative estimate of drug-likeness (QED) is 0.466. The van der Waals surface area contributed by atoms with Crippen LogP contribution in [0, 0.1) is 0 Å². The van der Waals surface area contributed by atoms with Crippen LogP contribution in [0.1, 0.15) is 29.5 Å². The van der Waals surface area contributed by atoms with E-state index in [9.17, 15) is 9.59 Å². The molecule has 6 heteroatoms. The number of carbonyl (C=O) groups excluding carboxylic acids is 2. The molecule has 5 N–H and O–H groups in total. The summed E-state index contributed by atoms with van der Waals surface area (Å²) in [7, 11) is 0. The van der Waals surface area contributed by atoms with Crippen molar-refractivity contribution in [3.05, 3.63) is 95.6 Å². The van der Waals surface area contributed by atoms with Crippen molar-refractivity contribution in [2.75, 3.05) is 10.6 Å². The molecule has 1 aliphatic heterocycles. The summed E-state index contributed by atoms with van der Waals surface area (Å²) in [6, 6.07) is 24.4. The molecule has 0 radical (unpaired) electrons. The van der Waals surface area contributed by atoms with Crippen molar-refractivity contribution in [1.82, 2.24) is 5.32 Å². The first-order valence-electron chi connectivity index (χ1n) is 11.3. The highest BCUT2D eigenvalue weighted by atomic mass is 16.2. The van der Waals surface area contributed by atoms with E-state index in [0.717, 1.165) is 28.8 Å². The van der Waals surface area contributed by atoms with Crippen molar-refractivity contribution < 1.29 is 9.59 Å². The number of nitrogens with two attached hydrogens (primary N) is 2. The number of nitrogen functional groups attached to an aromatic ring is 1. The van der Waals surface area contributed by atoms with E-state index < -0.39 is 18.0 Å². The second-order valence-corrected chi connectivity index (χ2v) is 8.53. The summed E-state index contributed by atoms with van der Waals surface area (Å²) in [6.45, 7) is 0.430. The summed E-state index contributed by atoms with van der Waals surface area (Å²) >= 11 is 0. The van der Waals surface area contributed by atoms with Crippen LogP contribution in [-0.4, -0.2) is 23.9 Å². The number of anilines is 2. The first kappa shape index (κ1) is 22.6. The van der Waals surface area contributed by atoms with E-state index in [1.54, 1.807) is 4.90 Å². The molecule has 0 fully saturated rings. The molecule has 0 bridgehead atoms. The van der Waals surface area contributed by atoms with Gasteiger partial charge in [0.15, 0.2) is 0 Å². The zero-order chi connectivity index (χ0) is 23.2. The van der Waals surface area contributed by atoms with Gasteiger partial charge in [-0.2, -0.15) is 0 Å². The van der Waals surface area contributed by atoms with Gasteiger partial charge in [0, 0.05) is 11.4 Å². The van der Waals surface area contributed by atoms with Gasteiger partial charge in [-0.05, 0) is 60.6 Å². The van der Waals surface area contributed by atoms with Gasteiger partial charge in [0.1, 0.15) is 0 Å². The molecular formula is C27H30N4O2. The van der Waals surface area contributed by atoms with Crippen LogP contribution in [0.4, 0.5) is 11.4 Å². The molecule has 33 heavy (non-hydrogen) atoms. The fourth-order valence-corrected chi connectivity index (χ4v) is 4.35. The lowest BCUT2D eigenvalue weighted by atomic mass is 10.0. The second kappa shape index (κ2) is 10.3. The van der Waals surface area contributed by atoms with Crippen molar-refractivity contribution in [3.63, 3.8) is 0 Å². The number of rotatable bonds is 8. The Morgan fingerprint density at radius 1 is 0.970 bits per heavy atom. The smallest absolute Gasteiger partial charge is 0.244 e. The molecule has 1 heterocycles. The standard InChI is InChI=1S/C27H30N4O2/c28-22-14-10-20(11-15-22)18-31-25-9-5-4-8-21(25)13-17-24(27(31)33)30-23(26(29)32)16-12-19-6-2-1-3-7-19/h1-11,14-15,23-24,30H,12-13,16-18,28H2,(H2,29,32)/t23-,24-/m0/s1. The molecule has 2 amide bonds. The van der Waals surface area contributed by atoms with Crippen molar-refractivity contribution in [2.24, 2.45) is 5.73 Å². The average molecular weight is 443 g/mol. The number of hydrogen-bond acceptors (Lipinski definition) is 4. The van der Waals surface area contributed by atoms with Crippen molar-refractivity contribution in [1.29, 1.82) is 0 Å². The predicted molar refractivity (Wildman–Crippen MR) is 131 cm³/mol. The fourth-order valence-electron chi connectivity index (χ4n) is 4.35. The van der Waals surface area contributed by atoms with Gasteiger partial charge < -0.3 is 16.4 Å². The van der Waals surface area contributed by atoms with E-state index in [2.05, 4.69) is 11.4 Å². The fraction of sp³-hybridized carbons (Fsp3) is 0.259. The Hall–Kier alpha value is -3.64. The van der Waals surface area contributed by atoms with Gasteiger partial charge in [0.25, 0.3) is 0 Å². The topological polar surface area (TPSA) is 101 Å². The van der Waals surface area contributed by atoms with Crippen LogP contribution >= 0.6 is 0 Å². The van der Waals surface area contributed by atoms with Crippen LogP contribution in [0.25, 0.3) is 0 Å². The molecule has 1 aliphatic rings. The first-order chi connectivity index (χ1) is 16.0. The monoisotopic (exact) mass is 442 g/mol. The van der Waals surface area contributed by atoms with E-state index in [0.29, 0.717) is 31.5 Å². The van der Waals surface area contributed by atoms with E-state index >= 15 is 0 Å². The maximum atomic E-state index is 13.7. The van der Waals surface area contributed by atoms with E-state index in [4.69, 9.17) is 11.5 Å². The molecule has 0 aromatic heterocycles. The Kier molecular flexibility index (Phi) is 7.05. The molecule has 0 saturated carbocycles. The third kappa shape index (κ3) is 5.59. The summed E-state index contributed by atoms with van der Waals surface area (Å²) in [6.07, 6.45) is 2.58. The zero-order valence-corrected chi connectivity index (χ0v) is 18.6. The van der Waals surface area contributed by atoms with Crippen molar-refractivity contribution >= 4 is 23.2 Å². The minimum Gasteiger partial charge on any atom is -0.399 e. The van der Waals surface area contributed by atoms with E-state index in [1.807, 2.05) is 72.8 Å². The number of benzene rings is 3. The Balaban J connectivity index is 1.54. The van der Waals surface area contributed by atoms with Crippen LogP contribution < -0.4 is 21.7 Å². The molecule has 170 valence electrons. The molecule has 3 aromatic carbocycles. The Labute approximate surface area is 194 Å². The highest BCUT2D eigenvalue weighted by Crippen LogP contribution is 2.29. The predicted octanol–water partition coefficient (Wildman–Crippen LogP) is 3.19. The largest absolute Gasteiger partial charge is 0.399 e. The minimum absolute atomic E-state index is 0.0530. The van der Waals surface area contributed by atoms with Crippen LogP contribution in [0.2, 0.25) is 0 Å². The van der Waals surface area contributed by atoms with Gasteiger partial charge in [-0.25, -0.2) is 0 Å². The molecule has 0 aliphatic carbocycles. The number of fused-ring (bicyclic) bond motifs is 1. The lowest BCUT2D eigenvalue weighted by Crippen LogP contribution is -2.53. The van der Waals surface area contributed by atoms with Crippen molar-refractivity contribution in [2.45, 2.75) is 44.3 Å². The number of amides is 2.